The number of aryl methyl sites for hydroxylation is 1. The van der Waals surface area contributed by atoms with Gasteiger partial charge in [-0.2, -0.15) is 5.10 Å². The SMILES string of the molecule is Cc1ncsc1-c1ccc([C@H](C)NC(=O)C2C[C@@H](O)CN2C(=O)C(C(C)C)n2cc(C(C)(C)C)cn2)cc1. The molecule has 0 radical (unpaired) electrons. The van der Waals surface area contributed by atoms with E-state index < -0.39 is 18.2 Å². The highest BCUT2D eigenvalue weighted by molar-refractivity contribution is 7.13. The first-order chi connectivity index (χ1) is 17.9. The summed E-state index contributed by atoms with van der Waals surface area (Å²) < 4.78 is 1.71. The zero-order valence-electron chi connectivity index (χ0n) is 23.3. The lowest BCUT2D eigenvalue weighted by atomic mass is 9.90. The number of carbonyl (C=O) groups is 2. The van der Waals surface area contributed by atoms with Gasteiger partial charge in [0.2, 0.25) is 11.8 Å². The number of thiazole rings is 1. The fraction of sp³-hybridized carbons (Fsp3) is 0.517. The molecule has 0 bridgehead atoms. The number of nitrogens with zero attached hydrogens (tertiary/aromatic N) is 4. The van der Waals surface area contributed by atoms with E-state index in [4.69, 9.17) is 0 Å². The van der Waals surface area contributed by atoms with Crippen LogP contribution in [0.2, 0.25) is 0 Å². The maximum Gasteiger partial charge on any atom is 0.248 e. The molecule has 0 aliphatic carbocycles. The van der Waals surface area contributed by atoms with E-state index in [0.717, 1.165) is 27.3 Å². The Morgan fingerprint density at radius 2 is 1.84 bits per heavy atom. The highest BCUT2D eigenvalue weighted by atomic mass is 32.1. The number of benzene rings is 1. The van der Waals surface area contributed by atoms with Crippen molar-refractivity contribution >= 4 is 23.2 Å². The minimum absolute atomic E-state index is 0.0451. The average molecular weight is 538 g/mol. The summed E-state index contributed by atoms with van der Waals surface area (Å²) in [6.45, 7) is 14.3. The van der Waals surface area contributed by atoms with Crippen molar-refractivity contribution in [2.75, 3.05) is 6.54 Å². The van der Waals surface area contributed by atoms with Crippen molar-refractivity contribution in [3.63, 3.8) is 0 Å². The minimum Gasteiger partial charge on any atom is -0.391 e. The number of aliphatic hydroxyl groups excluding tert-OH is 1. The van der Waals surface area contributed by atoms with Crippen LogP contribution < -0.4 is 5.32 Å². The van der Waals surface area contributed by atoms with Gasteiger partial charge in [0.05, 0.1) is 34.4 Å². The minimum atomic E-state index is -0.748. The van der Waals surface area contributed by atoms with Crippen molar-refractivity contribution in [3.8, 4) is 10.4 Å². The molecule has 3 heterocycles. The molecule has 2 amide bonds. The van der Waals surface area contributed by atoms with Crippen LogP contribution in [0, 0.1) is 12.8 Å². The molecule has 8 nitrogen and oxygen atoms in total. The van der Waals surface area contributed by atoms with Gasteiger partial charge in [-0.25, -0.2) is 4.98 Å². The molecule has 3 aromatic rings. The summed E-state index contributed by atoms with van der Waals surface area (Å²) in [7, 11) is 0. The molecule has 4 atom stereocenters. The molecule has 2 unspecified atom stereocenters. The van der Waals surface area contributed by atoms with Crippen molar-refractivity contribution in [2.45, 2.75) is 84.5 Å². The highest BCUT2D eigenvalue weighted by Gasteiger charge is 2.43. The van der Waals surface area contributed by atoms with Crippen LogP contribution in [0.3, 0.4) is 0 Å². The van der Waals surface area contributed by atoms with E-state index in [2.05, 4.69) is 36.2 Å². The van der Waals surface area contributed by atoms with Crippen LogP contribution in [0.4, 0.5) is 0 Å². The first kappa shape index (κ1) is 28.0. The smallest absolute Gasteiger partial charge is 0.248 e. The van der Waals surface area contributed by atoms with Gasteiger partial charge in [0.25, 0.3) is 0 Å². The Kier molecular flexibility index (Phi) is 8.09. The first-order valence-corrected chi connectivity index (χ1v) is 14.1. The summed E-state index contributed by atoms with van der Waals surface area (Å²) in [4.78, 5) is 34.2. The van der Waals surface area contributed by atoms with E-state index >= 15 is 0 Å². The summed E-state index contributed by atoms with van der Waals surface area (Å²) in [6, 6.07) is 6.53. The van der Waals surface area contributed by atoms with Gasteiger partial charge in [-0.1, -0.05) is 58.9 Å². The quantitative estimate of drug-likeness (QED) is 0.457. The summed E-state index contributed by atoms with van der Waals surface area (Å²) in [6.07, 6.45) is 3.19. The molecule has 9 heteroatoms. The number of hydrogen-bond acceptors (Lipinski definition) is 6. The normalized spacial score (nSPS) is 19.6. The number of aliphatic hydroxyl groups is 1. The van der Waals surface area contributed by atoms with Crippen LogP contribution >= 0.6 is 11.3 Å². The number of likely N-dealkylation sites (tertiary alicyclic amines) is 1. The van der Waals surface area contributed by atoms with Crippen molar-refractivity contribution < 1.29 is 14.7 Å². The van der Waals surface area contributed by atoms with Gasteiger partial charge in [0.15, 0.2) is 0 Å². The van der Waals surface area contributed by atoms with Gasteiger partial charge >= 0.3 is 0 Å². The van der Waals surface area contributed by atoms with Crippen molar-refractivity contribution in [3.05, 3.63) is 59.0 Å². The molecular weight excluding hydrogens is 498 g/mol. The first-order valence-electron chi connectivity index (χ1n) is 13.2. The van der Waals surface area contributed by atoms with Crippen LogP contribution in [0.5, 0.6) is 0 Å². The molecule has 204 valence electrons. The van der Waals surface area contributed by atoms with E-state index in [1.807, 2.05) is 63.7 Å². The van der Waals surface area contributed by atoms with E-state index in [-0.39, 0.29) is 42.2 Å². The number of carbonyl (C=O) groups excluding carboxylic acids is 2. The molecule has 0 saturated carbocycles. The van der Waals surface area contributed by atoms with Crippen LogP contribution in [-0.4, -0.2) is 55.3 Å². The Labute approximate surface area is 229 Å². The molecular formula is C29H39N5O3S. The van der Waals surface area contributed by atoms with Gasteiger partial charge in [-0.3, -0.25) is 14.3 Å². The fourth-order valence-corrected chi connectivity index (χ4v) is 5.76. The number of rotatable bonds is 7. The predicted molar refractivity (Wildman–Crippen MR) is 150 cm³/mol. The van der Waals surface area contributed by atoms with E-state index in [9.17, 15) is 14.7 Å². The number of amides is 2. The molecule has 1 aliphatic rings. The van der Waals surface area contributed by atoms with Gasteiger partial charge in [-0.15, -0.1) is 11.3 Å². The van der Waals surface area contributed by atoms with Crippen molar-refractivity contribution in [2.24, 2.45) is 5.92 Å². The van der Waals surface area contributed by atoms with E-state index in [1.165, 1.54) is 4.90 Å². The maximum atomic E-state index is 13.8. The molecule has 2 aromatic heterocycles. The maximum absolute atomic E-state index is 13.8. The predicted octanol–water partition coefficient (Wildman–Crippen LogP) is 4.65. The monoisotopic (exact) mass is 537 g/mol. The molecule has 1 aliphatic heterocycles. The zero-order valence-corrected chi connectivity index (χ0v) is 24.1. The van der Waals surface area contributed by atoms with Gasteiger partial charge in [0, 0.05) is 19.2 Å². The molecule has 1 fully saturated rings. The Hall–Kier alpha value is -3.04. The van der Waals surface area contributed by atoms with Gasteiger partial charge < -0.3 is 15.3 Å². The van der Waals surface area contributed by atoms with Crippen molar-refractivity contribution in [1.29, 1.82) is 0 Å². The average Bonchev–Trinajstić information content (AvgIpc) is 3.58. The third kappa shape index (κ3) is 5.83. The molecule has 4 rings (SSSR count). The van der Waals surface area contributed by atoms with E-state index in [1.54, 1.807) is 22.2 Å². The lowest BCUT2D eigenvalue weighted by Crippen LogP contribution is -2.49. The van der Waals surface area contributed by atoms with Gasteiger partial charge in [0.1, 0.15) is 12.1 Å². The molecule has 0 spiro atoms. The molecule has 1 saturated heterocycles. The summed E-state index contributed by atoms with van der Waals surface area (Å²) in [5.41, 5.74) is 5.84. The van der Waals surface area contributed by atoms with Crippen LogP contribution in [0.25, 0.3) is 10.4 Å². The number of hydrogen-bond donors (Lipinski definition) is 2. The van der Waals surface area contributed by atoms with E-state index in [0.29, 0.717) is 0 Å². The zero-order chi connectivity index (χ0) is 27.8. The van der Waals surface area contributed by atoms with Crippen molar-refractivity contribution in [1.82, 2.24) is 25.0 Å². The standard InChI is InChI=1S/C29H39N5O3S/c1-17(2)25(34-14-22(13-31-34)29(5,6)7)28(37)33-15-23(35)12-24(33)27(36)32-18(3)20-8-10-21(11-9-20)26-19(4)30-16-38-26/h8-11,13-14,16-18,23-25,35H,12,15H2,1-7H3,(H,32,36)/t18-,23+,24?,25?/m0/s1. The topological polar surface area (TPSA) is 100 Å². The Bertz CT molecular complexity index is 1270. The number of β-amino-alcohol motifs (C(OH)–C–C–N with tert-alkyl or cyclic N) is 1. The van der Waals surface area contributed by atoms with Gasteiger partial charge in [-0.05, 0) is 41.9 Å². The third-order valence-electron chi connectivity index (χ3n) is 7.28. The summed E-state index contributed by atoms with van der Waals surface area (Å²) >= 11 is 1.60. The summed E-state index contributed by atoms with van der Waals surface area (Å²) in [5.74, 6) is -0.503. The summed E-state index contributed by atoms with van der Waals surface area (Å²) in [5, 5.41) is 18.0. The second kappa shape index (κ2) is 11.0. The lowest BCUT2D eigenvalue weighted by molar-refractivity contribution is -0.142. The second-order valence-electron chi connectivity index (χ2n) is 11.7. The largest absolute Gasteiger partial charge is 0.391 e. The second-order valence-corrected chi connectivity index (χ2v) is 12.5. The highest BCUT2D eigenvalue weighted by Crippen LogP contribution is 2.30. The molecule has 38 heavy (non-hydrogen) atoms. The number of nitrogens with one attached hydrogen (secondary N) is 1. The third-order valence-corrected chi connectivity index (χ3v) is 8.26. The lowest BCUT2D eigenvalue weighted by Gasteiger charge is -2.30. The molecule has 1 aromatic carbocycles. The Morgan fingerprint density at radius 1 is 1.16 bits per heavy atom. The Morgan fingerprint density at radius 3 is 2.39 bits per heavy atom. The van der Waals surface area contributed by atoms with Crippen LogP contribution in [0.1, 0.15) is 76.9 Å². The molecule has 2 N–H and O–H groups in total. The number of aromatic nitrogens is 3. The van der Waals surface area contributed by atoms with Crippen LogP contribution in [-0.2, 0) is 15.0 Å². The fourth-order valence-electron chi connectivity index (χ4n) is 4.95. The Balaban J connectivity index is 1.49. The van der Waals surface area contributed by atoms with Crippen LogP contribution in [0.15, 0.2) is 42.2 Å².